The number of hydrogen-bond donors (Lipinski definition) is 0. The second-order valence-electron chi connectivity index (χ2n) is 10.9. The largest absolute Gasteiger partial charge is 0.469 e. The van der Waals surface area contributed by atoms with Crippen LogP contribution in [0.4, 0.5) is 5.69 Å². The van der Waals surface area contributed by atoms with Gasteiger partial charge in [0.1, 0.15) is 11.3 Å². The molecule has 0 saturated carbocycles. The average Bonchev–Trinajstić information content (AvgIpc) is 3.64. The summed E-state index contributed by atoms with van der Waals surface area (Å²) < 4.78 is 5.88. The van der Waals surface area contributed by atoms with Crippen LogP contribution in [0.2, 0.25) is 5.02 Å². The third-order valence-electron chi connectivity index (χ3n) is 8.44. The number of ketones is 1. The number of anilines is 1. The standard InChI is InChI=1S/C33H31ClN2O3/c1-21(2)22-14-16-23(17-15-22)31(37)30-25(29-13-8-18-39-29)20-35(3)33(30)26-10-5-7-12-28(26)36(32(33)38)19-24-9-4-6-11-27(24)34/h4-18,21,25,30H,19-20H2,1-3H3/t25-,30-,33+/m0/s1. The van der Waals surface area contributed by atoms with E-state index in [4.69, 9.17) is 16.0 Å². The maximum atomic E-state index is 14.8. The zero-order valence-electron chi connectivity index (χ0n) is 22.3. The molecule has 0 N–H and O–H groups in total. The molecule has 2 aliphatic heterocycles. The summed E-state index contributed by atoms with van der Waals surface area (Å²) in [7, 11) is 1.94. The lowest BCUT2D eigenvalue weighted by Gasteiger charge is -2.36. The van der Waals surface area contributed by atoms with Crippen molar-refractivity contribution in [3.8, 4) is 0 Å². The number of furan rings is 1. The molecule has 3 heterocycles. The lowest BCUT2D eigenvalue weighted by atomic mass is 9.71. The molecule has 5 nitrogen and oxygen atoms in total. The SMILES string of the molecule is CC(C)c1ccc(C(=O)[C@@H]2[C@H](c3ccco3)CN(C)[C@@]23C(=O)N(Cc2ccccc2Cl)c2ccccc23)cc1. The molecule has 0 aliphatic carbocycles. The smallest absolute Gasteiger partial charge is 0.253 e. The molecule has 1 spiro atoms. The van der Waals surface area contributed by atoms with Gasteiger partial charge in [-0.15, -0.1) is 0 Å². The second-order valence-corrected chi connectivity index (χ2v) is 11.3. The van der Waals surface area contributed by atoms with Crippen LogP contribution in [0.15, 0.2) is 95.6 Å². The number of benzene rings is 3. The summed E-state index contributed by atoms with van der Waals surface area (Å²) in [6, 6.07) is 27.0. The van der Waals surface area contributed by atoms with Gasteiger partial charge >= 0.3 is 0 Å². The van der Waals surface area contributed by atoms with Crippen LogP contribution in [0.3, 0.4) is 0 Å². The summed E-state index contributed by atoms with van der Waals surface area (Å²) in [6.07, 6.45) is 1.63. The van der Waals surface area contributed by atoms with Gasteiger partial charge in [0.2, 0.25) is 0 Å². The summed E-state index contributed by atoms with van der Waals surface area (Å²) in [5.41, 5.74) is 3.10. The van der Waals surface area contributed by atoms with Gasteiger partial charge in [-0.1, -0.05) is 86.1 Å². The fraction of sp³-hybridized carbons (Fsp3) is 0.273. The Kier molecular flexibility index (Phi) is 6.44. The molecular formula is C33H31ClN2O3. The lowest BCUT2D eigenvalue weighted by molar-refractivity contribution is -0.129. The number of rotatable bonds is 6. The number of carbonyl (C=O) groups excluding carboxylic acids is 2. The Hall–Kier alpha value is -3.67. The van der Waals surface area contributed by atoms with E-state index >= 15 is 0 Å². The van der Waals surface area contributed by atoms with E-state index in [1.165, 1.54) is 5.56 Å². The van der Waals surface area contributed by atoms with Gasteiger partial charge in [0.25, 0.3) is 5.91 Å². The van der Waals surface area contributed by atoms with Gasteiger partial charge in [0.05, 0.1) is 18.7 Å². The molecule has 39 heavy (non-hydrogen) atoms. The molecule has 6 heteroatoms. The van der Waals surface area contributed by atoms with Crippen LogP contribution in [-0.4, -0.2) is 30.2 Å². The molecular weight excluding hydrogens is 508 g/mol. The third-order valence-corrected chi connectivity index (χ3v) is 8.81. The van der Waals surface area contributed by atoms with Crippen LogP contribution in [0.5, 0.6) is 0 Å². The minimum absolute atomic E-state index is 0.0567. The van der Waals surface area contributed by atoms with Gasteiger partial charge in [-0.3, -0.25) is 14.5 Å². The summed E-state index contributed by atoms with van der Waals surface area (Å²) in [4.78, 5) is 33.2. The van der Waals surface area contributed by atoms with E-state index in [1.54, 1.807) is 11.2 Å². The van der Waals surface area contributed by atoms with Gasteiger partial charge in [0, 0.05) is 34.3 Å². The van der Waals surface area contributed by atoms with Crippen molar-refractivity contribution in [2.24, 2.45) is 5.92 Å². The molecule has 0 unspecified atom stereocenters. The van der Waals surface area contributed by atoms with Gasteiger partial charge in [0.15, 0.2) is 5.78 Å². The van der Waals surface area contributed by atoms with Crippen molar-refractivity contribution < 1.29 is 14.0 Å². The number of para-hydroxylation sites is 1. The van der Waals surface area contributed by atoms with Crippen molar-refractivity contribution in [1.29, 1.82) is 0 Å². The molecule has 198 valence electrons. The Bertz CT molecular complexity index is 1530. The Morgan fingerprint density at radius 2 is 1.72 bits per heavy atom. The topological polar surface area (TPSA) is 53.8 Å². The Labute approximate surface area is 234 Å². The summed E-state index contributed by atoms with van der Waals surface area (Å²) >= 11 is 6.53. The average molecular weight is 539 g/mol. The number of fused-ring (bicyclic) bond motifs is 2. The number of Topliss-reactive ketones (excluding diaryl/α,β-unsaturated/α-hetero) is 1. The van der Waals surface area contributed by atoms with Crippen LogP contribution < -0.4 is 4.90 Å². The van der Waals surface area contributed by atoms with E-state index < -0.39 is 11.5 Å². The highest BCUT2D eigenvalue weighted by Crippen LogP contribution is 2.57. The summed E-state index contributed by atoms with van der Waals surface area (Å²) in [6.45, 7) is 5.09. The normalized spacial score (nSPS) is 22.7. The second kappa shape index (κ2) is 9.82. The Morgan fingerprint density at radius 1 is 1.00 bits per heavy atom. The quantitative estimate of drug-likeness (QED) is 0.247. The van der Waals surface area contributed by atoms with Crippen LogP contribution in [-0.2, 0) is 16.9 Å². The first-order chi connectivity index (χ1) is 18.8. The molecule has 1 amide bonds. The number of amides is 1. The third kappa shape index (κ3) is 3.95. The highest BCUT2D eigenvalue weighted by Gasteiger charge is 2.66. The van der Waals surface area contributed by atoms with E-state index in [9.17, 15) is 9.59 Å². The molecule has 2 aliphatic rings. The predicted molar refractivity (Wildman–Crippen MR) is 153 cm³/mol. The number of likely N-dealkylation sites (N-methyl/N-ethyl adjacent to an activating group) is 1. The van der Waals surface area contributed by atoms with Crippen LogP contribution >= 0.6 is 11.6 Å². The molecule has 4 aromatic rings. The maximum Gasteiger partial charge on any atom is 0.253 e. The molecule has 1 saturated heterocycles. The zero-order chi connectivity index (χ0) is 27.3. The first-order valence-corrected chi connectivity index (χ1v) is 13.8. The lowest BCUT2D eigenvalue weighted by Crippen LogP contribution is -2.53. The van der Waals surface area contributed by atoms with Crippen molar-refractivity contribution in [1.82, 2.24) is 4.90 Å². The van der Waals surface area contributed by atoms with E-state index in [2.05, 4.69) is 18.7 Å². The maximum absolute atomic E-state index is 14.8. The van der Waals surface area contributed by atoms with Gasteiger partial charge in [-0.25, -0.2) is 0 Å². The van der Waals surface area contributed by atoms with E-state index in [1.807, 2.05) is 92.0 Å². The van der Waals surface area contributed by atoms with Crippen molar-refractivity contribution in [2.45, 2.75) is 37.8 Å². The van der Waals surface area contributed by atoms with Crippen molar-refractivity contribution >= 4 is 29.0 Å². The fourth-order valence-electron chi connectivity index (χ4n) is 6.50. The molecule has 1 fully saturated rings. The highest BCUT2D eigenvalue weighted by molar-refractivity contribution is 6.31. The number of nitrogens with zero attached hydrogens (tertiary/aromatic N) is 2. The monoisotopic (exact) mass is 538 g/mol. The zero-order valence-corrected chi connectivity index (χ0v) is 23.1. The minimum atomic E-state index is -1.18. The molecule has 6 rings (SSSR count). The van der Waals surface area contributed by atoms with Gasteiger partial charge in [-0.05, 0) is 48.4 Å². The first kappa shape index (κ1) is 25.6. The van der Waals surface area contributed by atoms with Gasteiger partial charge in [-0.2, -0.15) is 0 Å². The van der Waals surface area contributed by atoms with Gasteiger partial charge < -0.3 is 9.32 Å². The number of halogens is 1. The predicted octanol–water partition coefficient (Wildman–Crippen LogP) is 7.03. The van der Waals surface area contributed by atoms with E-state index in [-0.39, 0.29) is 17.6 Å². The van der Waals surface area contributed by atoms with Crippen molar-refractivity contribution in [2.75, 3.05) is 18.5 Å². The van der Waals surface area contributed by atoms with Crippen LogP contribution in [0.25, 0.3) is 0 Å². The van der Waals surface area contributed by atoms with Crippen molar-refractivity contribution in [3.63, 3.8) is 0 Å². The van der Waals surface area contributed by atoms with Crippen molar-refractivity contribution in [3.05, 3.63) is 124 Å². The minimum Gasteiger partial charge on any atom is -0.469 e. The van der Waals surface area contributed by atoms with Crippen LogP contribution in [0, 0.1) is 5.92 Å². The highest BCUT2D eigenvalue weighted by atomic mass is 35.5. The Balaban J connectivity index is 1.51. The first-order valence-electron chi connectivity index (χ1n) is 13.4. The molecule has 0 radical (unpaired) electrons. The summed E-state index contributed by atoms with van der Waals surface area (Å²) in [5.74, 6) is -0.0690. The number of hydrogen-bond acceptors (Lipinski definition) is 4. The summed E-state index contributed by atoms with van der Waals surface area (Å²) in [5, 5.41) is 0.606. The number of carbonyl (C=O) groups is 2. The van der Waals surface area contributed by atoms with Crippen LogP contribution in [0.1, 0.15) is 58.5 Å². The van der Waals surface area contributed by atoms with E-state index in [0.29, 0.717) is 35.4 Å². The molecule has 3 aromatic carbocycles. The molecule has 0 bridgehead atoms. The fourth-order valence-corrected chi connectivity index (χ4v) is 6.69. The van der Waals surface area contributed by atoms with E-state index in [0.717, 1.165) is 16.8 Å². The molecule has 1 aromatic heterocycles. The Morgan fingerprint density at radius 3 is 2.41 bits per heavy atom. The molecule has 3 atom stereocenters. The number of likely N-dealkylation sites (tertiary alicyclic amines) is 1.